The average Bonchev–Trinajstić information content (AvgIpc) is 3.40. The van der Waals surface area contributed by atoms with E-state index in [4.69, 9.17) is 0 Å². The van der Waals surface area contributed by atoms with Crippen LogP contribution < -0.4 is 10.6 Å². The normalized spacial score (nSPS) is 11.8. The number of thioether (sulfide) groups is 1. The van der Waals surface area contributed by atoms with Gasteiger partial charge in [0, 0.05) is 23.1 Å². The number of hydrogen-bond donors (Lipinski definition) is 2. The lowest BCUT2D eigenvalue weighted by Crippen LogP contribution is -2.29. The van der Waals surface area contributed by atoms with Crippen molar-refractivity contribution in [2.24, 2.45) is 7.05 Å². The van der Waals surface area contributed by atoms with Crippen LogP contribution in [0.4, 0.5) is 5.13 Å². The fourth-order valence-corrected chi connectivity index (χ4v) is 5.16. The van der Waals surface area contributed by atoms with Gasteiger partial charge in [-0.25, -0.2) is 4.98 Å². The van der Waals surface area contributed by atoms with Gasteiger partial charge in [0.25, 0.3) is 5.91 Å². The summed E-state index contributed by atoms with van der Waals surface area (Å²) in [5.74, 6) is 0.433. The van der Waals surface area contributed by atoms with E-state index in [0.717, 1.165) is 21.7 Å². The Morgan fingerprint density at radius 1 is 1.06 bits per heavy atom. The number of carbonyl (C=O) groups excluding carboxylic acids is 2. The predicted molar refractivity (Wildman–Crippen MR) is 140 cm³/mol. The van der Waals surface area contributed by atoms with Crippen molar-refractivity contribution in [3.8, 4) is 11.3 Å². The summed E-state index contributed by atoms with van der Waals surface area (Å²) < 4.78 is 1.79. The first kappa shape index (κ1) is 24.6. The van der Waals surface area contributed by atoms with Crippen molar-refractivity contribution in [2.45, 2.75) is 32.0 Å². The van der Waals surface area contributed by atoms with Gasteiger partial charge >= 0.3 is 0 Å². The Hall–Kier alpha value is -3.50. The van der Waals surface area contributed by atoms with Crippen LogP contribution in [0.1, 0.15) is 39.6 Å². The zero-order valence-electron chi connectivity index (χ0n) is 19.9. The molecular weight excluding hydrogens is 480 g/mol. The maximum atomic E-state index is 12.6. The van der Waals surface area contributed by atoms with E-state index in [1.165, 1.54) is 23.1 Å². The number of hydrogen-bond acceptors (Lipinski definition) is 7. The first-order chi connectivity index (χ1) is 16.8. The van der Waals surface area contributed by atoms with Crippen LogP contribution in [-0.4, -0.2) is 37.3 Å². The molecule has 35 heavy (non-hydrogen) atoms. The van der Waals surface area contributed by atoms with Crippen molar-refractivity contribution in [3.05, 3.63) is 76.4 Å². The highest BCUT2D eigenvalue weighted by Crippen LogP contribution is 2.30. The Labute approximate surface area is 212 Å². The van der Waals surface area contributed by atoms with Gasteiger partial charge in [-0.05, 0) is 32.4 Å². The lowest BCUT2D eigenvalue weighted by molar-refractivity contribution is -0.113. The van der Waals surface area contributed by atoms with Gasteiger partial charge in [-0.1, -0.05) is 60.3 Å². The molecule has 2 aromatic heterocycles. The van der Waals surface area contributed by atoms with Crippen molar-refractivity contribution >= 4 is 40.0 Å². The molecule has 0 aliphatic rings. The number of aromatic nitrogens is 4. The van der Waals surface area contributed by atoms with E-state index in [2.05, 4.69) is 25.8 Å². The predicted octanol–water partition coefficient (Wildman–Crippen LogP) is 4.78. The van der Waals surface area contributed by atoms with Crippen molar-refractivity contribution in [2.75, 3.05) is 11.1 Å². The molecule has 10 heteroatoms. The van der Waals surface area contributed by atoms with E-state index in [0.29, 0.717) is 21.7 Å². The van der Waals surface area contributed by atoms with Crippen LogP contribution in [0.25, 0.3) is 11.3 Å². The van der Waals surface area contributed by atoms with Crippen molar-refractivity contribution in [1.29, 1.82) is 0 Å². The summed E-state index contributed by atoms with van der Waals surface area (Å²) in [4.78, 5) is 30.8. The number of anilines is 1. The lowest BCUT2D eigenvalue weighted by Gasteiger charge is -2.14. The summed E-state index contributed by atoms with van der Waals surface area (Å²) in [5, 5.41) is 15.4. The van der Waals surface area contributed by atoms with Gasteiger partial charge in [0.1, 0.15) is 0 Å². The van der Waals surface area contributed by atoms with E-state index < -0.39 is 0 Å². The van der Waals surface area contributed by atoms with E-state index in [-0.39, 0.29) is 23.6 Å². The molecule has 1 atom stereocenters. The minimum absolute atomic E-state index is 0.162. The smallest absolute Gasteiger partial charge is 0.252 e. The maximum absolute atomic E-state index is 12.6. The minimum Gasteiger partial charge on any atom is -0.342 e. The highest BCUT2D eigenvalue weighted by atomic mass is 32.2. The first-order valence-electron chi connectivity index (χ1n) is 11.0. The molecule has 0 saturated carbocycles. The van der Waals surface area contributed by atoms with Gasteiger partial charge < -0.3 is 15.2 Å². The van der Waals surface area contributed by atoms with Gasteiger partial charge in [-0.2, -0.15) is 0 Å². The Morgan fingerprint density at radius 3 is 2.51 bits per heavy atom. The van der Waals surface area contributed by atoms with Crippen LogP contribution >= 0.6 is 23.1 Å². The largest absolute Gasteiger partial charge is 0.342 e. The molecule has 2 N–H and O–H groups in total. The van der Waals surface area contributed by atoms with Gasteiger partial charge in [-0.15, -0.1) is 21.5 Å². The second-order valence-corrected chi connectivity index (χ2v) is 10.2. The van der Waals surface area contributed by atoms with Crippen LogP contribution in [0.5, 0.6) is 0 Å². The average molecular weight is 507 g/mol. The molecule has 2 heterocycles. The Kier molecular flexibility index (Phi) is 7.62. The number of nitrogens with zero attached hydrogens (tertiary/aromatic N) is 4. The van der Waals surface area contributed by atoms with Crippen molar-refractivity contribution < 1.29 is 9.59 Å². The summed E-state index contributed by atoms with van der Waals surface area (Å²) in [6, 6.07) is 17.0. The van der Waals surface area contributed by atoms with E-state index in [1.54, 1.807) is 10.6 Å². The third kappa shape index (κ3) is 5.77. The van der Waals surface area contributed by atoms with Crippen LogP contribution in [0.2, 0.25) is 0 Å². The molecule has 0 aliphatic heterocycles. The van der Waals surface area contributed by atoms with Gasteiger partial charge in [0.2, 0.25) is 5.91 Å². The molecule has 0 saturated heterocycles. The van der Waals surface area contributed by atoms with Crippen LogP contribution in [0, 0.1) is 13.8 Å². The Bertz CT molecular complexity index is 1350. The number of thiazole rings is 1. The molecule has 0 unspecified atom stereocenters. The molecule has 8 nitrogen and oxygen atoms in total. The highest BCUT2D eigenvalue weighted by molar-refractivity contribution is 7.99. The zero-order valence-corrected chi connectivity index (χ0v) is 21.5. The van der Waals surface area contributed by atoms with Crippen LogP contribution in [-0.2, 0) is 11.8 Å². The molecule has 0 fully saturated rings. The standard InChI is InChI=1S/C25H26N6O2S2/c1-15-10-8-9-13-19(15)23(33)26-16(2)22-29-30-25(31(22)4)34-14-20(32)27-24-28-21(17(3)35-24)18-11-6-5-7-12-18/h5-13,16H,14H2,1-4H3,(H,26,33)(H,27,28,32)/t16-/m1/s1. The monoisotopic (exact) mass is 506 g/mol. The van der Waals surface area contributed by atoms with E-state index >= 15 is 0 Å². The first-order valence-corrected chi connectivity index (χ1v) is 12.8. The van der Waals surface area contributed by atoms with E-state index in [1.807, 2.05) is 76.3 Å². The molecule has 0 radical (unpaired) electrons. The quantitative estimate of drug-likeness (QED) is 0.334. The molecule has 180 valence electrons. The van der Waals surface area contributed by atoms with Gasteiger partial charge in [-0.3, -0.25) is 9.59 Å². The fourth-order valence-electron chi connectivity index (χ4n) is 3.59. The van der Waals surface area contributed by atoms with Crippen LogP contribution in [0.15, 0.2) is 59.8 Å². The Balaban J connectivity index is 1.34. The van der Waals surface area contributed by atoms with Gasteiger partial charge in [0.05, 0.1) is 17.5 Å². The number of aryl methyl sites for hydroxylation is 2. The Morgan fingerprint density at radius 2 is 1.77 bits per heavy atom. The molecular formula is C25H26N6O2S2. The number of amides is 2. The maximum Gasteiger partial charge on any atom is 0.252 e. The molecule has 4 aromatic rings. The summed E-state index contributed by atoms with van der Waals surface area (Å²) in [5.41, 5.74) is 3.42. The zero-order chi connectivity index (χ0) is 24.9. The molecule has 0 bridgehead atoms. The molecule has 0 aliphatic carbocycles. The summed E-state index contributed by atoms with van der Waals surface area (Å²) >= 11 is 2.73. The topological polar surface area (TPSA) is 102 Å². The number of carbonyl (C=O) groups is 2. The number of benzene rings is 2. The second-order valence-electron chi connectivity index (χ2n) is 8.04. The summed E-state index contributed by atoms with van der Waals surface area (Å²) in [6.07, 6.45) is 0. The fraction of sp³-hybridized carbons (Fsp3) is 0.240. The highest BCUT2D eigenvalue weighted by Gasteiger charge is 2.20. The van der Waals surface area contributed by atoms with Crippen molar-refractivity contribution in [1.82, 2.24) is 25.1 Å². The van der Waals surface area contributed by atoms with E-state index in [9.17, 15) is 9.59 Å². The second kappa shape index (κ2) is 10.8. The number of nitrogens with one attached hydrogen (secondary N) is 2. The van der Waals surface area contributed by atoms with Crippen molar-refractivity contribution in [3.63, 3.8) is 0 Å². The van der Waals surface area contributed by atoms with Gasteiger partial charge in [0.15, 0.2) is 16.1 Å². The van der Waals surface area contributed by atoms with Crippen LogP contribution in [0.3, 0.4) is 0 Å². The molecule has 4 rings (SSSR count). The summed E-state index contributed by atoms with van der Waals surface area (Å²) in [7, 11) is 1.82. The lowest BCUT2D eigenvalue weighted by atomic mass is 10.1. The SMILES string of the molecule is Cc1ccccc1C(=O)N[C@H](C)c1nnc(SCC(=O)Nc2nc(-c3ccccc3)c(C)s2)n1C. The minimum atomic E-state index is -0.350. The number of rotatable bonds is 8. The third-order valence-corrected chi connectivity index (χ3v) is 7.32. The molecule has 0 spiro atoms. The summed E-state index contributed by atoms with van der Waals surface area (Å²) in [6.45, 7) is 5.75. The molecule has 2 aromatic carbocycles. The third-order valence-electron chi connectivity index (χ3n) is 5.42. The molecule has 2 amide bonds.